The van der Waals surface area contributed by atoms with E-state index in [1.54, 1.807) is 18.2 Å². The molecule has 1 aromatic rings. The largest absolute Gasteiger partial charge is 0.379 e. The average Bonchev–Trinajstić information content (AvgIpc) is 2.87. The number of piperidine rings is 1. The van der Waals surface area contributed by atoms with Crippen molar-refractivity contribution in [3.05, 3.63) is 29.3 Å². The maximum Gasteiger partial charge on any atom is 0.263 e. The maximum absolute atomic E-state index is 12.9. The van der Waals surface area contributed by atoms with Crippen LogP contribution in [0, 0.1) is 0 Å². The number of benzene rings is 1. The molecule has 0 bridgehead atoms. The SMILES string of the molecule is NCCOCCSc1cccc2c1C(=O)N(C1CCC(=O)NC1=O)C2=O. The van der Waals surface area contributed by atoms with E-state index in [9.17, 15) is 19.2 Å². The van der Waals surface area contributed by atoms with Gasteiger partial charge in [0.1, 0.15) is 6.04 Å². The van der Waals surface area contributed by atoms with Crippen molar-refractivity contribution < 1.29 is 23.9 Å². The highest BCUT2D eigenvalue weighted by Crippen LogP contribution is 2.34. The summed E-state index contributed by atoms with van der Waals surface area (Å²) in [5.74, 6) is -1.39. The molecule has 0 saturated carbocycles. The Labute approximate surface area is 154 Å². The van der Waals surface area contributed by atoms with Crippen LogP contribution in [0.1, 0.15) is 33.6 Å². The molecule has 4 amide bonds. The van der Waals surface area contributed by atoms with E-state index in [1.807, 2.05) is 0 Å². The van der Waals surface area contributed by atoms with Crippen LogP contribution >= 0.6 is 11.8 Å². The molecule has 2 aliphatic heterocycles. The summed E-state index contributed by atoms with van der Waals surface area (Å²) in [5.41, 5.74) is 5.96. The predicted octanol–water partition coefficient (Wildman–Crippen LogP) is 0.155. The fourth-order valence-corrected chi connectivity index (χ4v) is 3.94. The molecule has 1 unspecified atom stereocenters. The summed E-state index contributed by atoms with van der Waals surface area (Å²) < 4.78 is 5.32. The fourth-order valence-electron chi connectivity index (χ4n) is 3.00. The number of imide groups is 2. The lowest BCUT2D eigenvalue weighted by Gasteiger charge is -2.27. The van der Waals surface area contributed by atoms with Crippen LogP contribution in [0.3, 0.4) is 0 Å². The minimum atomic E-state index is -0.953. The first kappa shape index (κ1) is 18.6. The molecule has 9 heteroatoms. The van der Waals surface area contributed by atoms with Crippen molar-refractivity contribution in [1.82, 2.24) is 10.2 Å². The van der Waals surface area contributed by atoms with Crippen molar-refractivity contribution in [2.75, 3.05) is 25.5 Å². The van der Waals surface area contributed by atoms with Gasteiger partial charge in [-0.3, -0.25) is 29.4 Å². The molecule has 2 aliphatic rings. The molecule has 1 fully saturated rings. The van der Waals surface area contributed by atoms with E-state index in [1.165, 1.54) is 11.8 Å². The molecular formula is C17H19N3O5S. The molecule has 3 rings (SSSR count). The number of nitrogens with two attached hydrogens (primary N) is 1. The third kappa shape index (κ3) is 3.50. The minimum Gasteiger partial charge on any atom is -0.379 e. The van der Waals surface area contributed by atoms with Crippen LogP contribution < -0.4 is 11.1 Å². The molecule has 1 saturated heterocycles. The van der Waals surface area contributed by atoms with Gasteiger partial charge in [0, 0.05) is 23.6 Å². The molecule has 3 N–H and O–H groups in total. The fraction of sp³-hybridized carbons (Fsp3) is 0.412. The van der Waals surface area contributed by atoms with Gasteiger partial charge in [0.15, 0.2) is 0 Å². The third-order valence-corrected chi connectivity index (χ3v) is 5.20. The minimum absolute atomic E-state index is 0.101. The van der Waals surface area contributed by atoms with E-state index < -0.39 is 29.7 Å². The number of nitrogens with one attached hydrogen (secondary N) is 1. The van der Waals surface area contributed by atoms with Gasteiger partial charge in [-0.1, -0.05) is 6.07 Å². The topological polar surface area (TPSA) is 119 Å². The van der Waals surface area contributed by atoms with Gasteiger partial charge >= 0.3 is 0 Å². The van der Waals surface area contributed by atoms with Crippen LogP contribution in [-0.4, -0.2) is 60.1 Å². The molecule has 0 aliphatic carbocycles. The second kappa shape index (κ2) is 7.98. The standard InChI is InChI=1S/C17H19N3O5S/c18-6-7-25-8-9-26-12-3-1-2-10-14(12)17(24)20(16(10)23)11-4-5-13(21)19-15(11)22/h1-3,11H,4-9,18H2,(H,19,21,22). The number of amides is 4. The van der Waals surface area contributed by atoms with Crippen molar-refractivity contribution >= 4 is 35.4 Å². The number of carbonyl (C=O) groups is 4. The van der Waals surface area contributed by atoms with Crippen molar-refractivity contribution in [2.45, 2.75) is 23.8 Å². The van der Waals surface area contributed by atoms with Gasteiger partial charge in [0.25, 0.3) is 11.8 Å². The molecule has 138 valence electrons. The van der Waals surface area contributed by atoms with Crippen LogP contribution in [0.2, 0.25) is 0 Å². The lowest BCUT2D eigenvalue weighted by Crippen LogP contribution is -2.54. The second-order valence-corrected chi connectivity index (χ2v) is 7.01. The monoisotopic (exact) mass is 377 g/mol. The molecule has 1 aromatic carbocycles. The lowest BCUT2D eigenvalue weighted by atomic mass is 10.0. The van der Waals surface area contributed by atoms with E-state index in [-0.39, 0.29) is 18.4 Å². The number of thioether (sulfide) groups is 1. The predicted molar refractivity (Wildman–Crippen MR) is 93.7 cm³/mol. The number of nitrogens with zero attached hydrogens (tertiary/aromatic N) is 1. The van der Waals surface area contributed by atoms with Gasteiger partial charge in [-0.15, -0.1) is 11.8 Å². The first-order chi connectivity index (χ1) is 12.5. The highest BCUT2D eigenvalue weighted by molar-refractivity contribution is 7.99. The van der Waals surface area contributed by atoms with E-state index >= 15 is 0 Å². The summed E-state index contributed by atoms with van der Waals surface area (Å²) in [6.07, 6.45) is 0.245. The Morgan fingerprint density at radius 2 is 2.00 bits per heavy atom. The first-order valence-electron chi connectivity index (χ1n) is 8.29. The van der Waals surface area contributed by atoms with Crippen molar-refractivity contribution in [3.63, 3.8) is 0 Å². The number of hydrogen-bond acceptors (Lipinski definition) is 7. The molecule has 2 heterocycles. The summed E-state index contributed by atoms with van der Waals surface area (Å²) in [4.78, 5) is 50.6. The van der Waals surface area contributed by atoms with Gasteiger partial charge in [-0.05, 0) is 18.6 Å². The van der Waals surface area contributed by atoms with E-state index in [4.69, 9.17) is 10.5 Å². The molecular weight excluding hydrogens is 358 g/mol. The summed E-state index contributed by atoms with van der Waals surface area (Å²) >= 11 is 1.41. The Morgan fingerprint density at radius 3 is 2.73 bits per heavy atom. The molecule has 0 spiro atoms. The molecule has 8 nitrogen and oxygen atoms in total. The molecule has 1 atom stereocenters. The zero-order valence-electron chi connectivity index (χ0n) is 14.0. The van der Waals surface area contributed by atoms with Crippen LogP contribution in [0.5, 0.6) is 0 Å². The Bertz CT molecular complexity index is 767. The van der Waals surface area contributed by atoms with E-state index in [2.05, 4.69) is 5.32 Å². The molecule has 0 radical (unpaired) electrons. The van der Waals surface area contributed by atoms with Crippen LogP contribution in [0.25, 0.3) is 0 Å². The number of hydrogen-bond donors (Lipinski definition) is 2. The number of ether oxygens (including phenoxy) is 1. The van der Waals surface area contributed by atoms with Crippen molar-refractivity contribution in [2.24, 2.45) is 5.73 Å². The highest BCUT2D eigenvalue weighted by atomic mass is 32.2. The smallest absolute Gasteiger partial charge is 0.263 e. The number of carbonyl (C=O) groups excluding carboxylic acids is 4. The van der Waals surface area contributed by atoms with E-state index in [0.717, 1.165) is 4.90 Å². The van der Waals surface area contributed by atoms with Crippen LogP contribution in [0.15, 0.2) is 23.1 Å². The second-order valence-electron chi connectivity index (χ2n) is 5.88. The first-order valence-corrected chi connectivity index (χ1v) is 9.28. The van der Waals surface area contributed by atoms with Crippen molar-refractivity contribution in [1.29, 1.82) is 0 Å². The number of rotatable bonds is 7. The van der Waals surface area contributed by atoms with Crippen molar-refractivity contribution in [3.8, 4) is 0 Å². The normalized spacial score (nSPS) is 19.7. The van der Waals surface area contributed by atoms with Gasteiger partial charge in [0.05, 0.1) is 24.3 Å². The Kier molecular flexibility index (Phi) is 5.70. The number of fused-ring (bicyclic) bond motifs is 1. The zero-order chi connectivity index (χ0) is 18.7. The Hall–Kier alpha value is -2.23. The van der Waals surface area contributed by atoms with Gasteiger partial charge in [-0.2, -0.15) is 0 Å². The Balaban J connectivity index is 1.78. The average molecular weight is 377 g/mol. The highest BCUT2D eigenvalue weighted by Gasteiger charge is 2.45. The molecule has 0 aromatic heterocycles. The van der Waals surface area contributed by atoms with Crippen LogP contribution in [-0.2, 0) is 14.3 Å². The summed E-state index contributed by atoms with van der Waals surface area (Å²) in [6, 6.07) is 4.11. The lowest BCUT2D eigenvalue weighted by molar-refractivity contribution is -0.136. The summed E-state index contributed by atoms with van der Waals surface area (Å²) in [7, 11) is 0. The van der Waals surface area contributed by atoms with Gasteiger partial charge in [-0.25, -0.2) is 0 Å². The van der Waals surface area contributed by atoms with Gasteiger partial charge < -0.3 is 10.5 Å². The molecule has 26 heavy (non-hydrogen) atoms. The zero-order valence-corrected chi connectivity index (χ0v) is 14.8. The maximum atomic E-state index is 12.9. The summed E-state index contributed by atoms with van der Waals surface area (Å²) in [6.45, 7) is 1.39. The van der Waals surface area contributed by atoms with Gasteiger partial charge in [0.2, 0.25) is 11.8 Å². The third-order valence-electron chi connectivity index (χ3n) is 4.18. The quantitative estimate of drug-likeness (QED) is 0.394. The summed E-state index contributed by atoms with van der Waals surface area (Å²) in [5, 5.41) is 2.19. The van der Waals surface area contributed by atoms with Crippen LogP contribution in [0.4, 0.5) is 0 Å². The van der Waals surface area contributed by atoms with E-state index in [0.29, 0.717) is 36.0 Å². The Morgan fingerprint density at radius 1 is 1.19 bits per heavy atom.